The molecule has 0 saturated carbocycles. The van der Waals surface area contributed by atoms with Crippen molar-refractivity contribution >= 4 is 11.6 Å². The van der Waals surface area contributed by atoms with Gasteiger partial charge in [0.1, 0.15) is 0 Å². The van der Waals surface area contributed by atoms with Crippen molar-refractivity contribution in [1.82, 2.24) is 9.78 Å². The normalized spacial score (nSPS) is 11.7. The van der Waals surface area contributed by atoms with E-state index in [0.29, 0.717) is 12.4 Å². The van der Waals surface area contributed by atoms with Gasteiger partial charge in [0, 0.05) is 7.11 Å². The number of aromatic nitrogens is 2. The summed E-state index contributed by atoms with van der Waals surface area (Å²) in [5.74, 6) is -0.0162. The second-order valence-corrected chi connectivity index (χ2v) is 5.81. The van der Waals surface area contributed by atoms with Crippen molar-refractivity contribution in [2.75, 3.05) is 13.7 Å². The van der Waals surface area contributed by atoms with Crippen LogP contribution in [0.2, 0.25) is 5.02 Å². The molecule has 1 aromatic carbocycles. The predicted octanol–water partition coefficient (Wildman–Crippen LogP) is 4.16. The molecule has 0 bridgehead atoms. The van der Waals surface area contributed by atoms with E-state index in [-0.39, 0.29) is 16.3 Å². The van der Waals surface area contributed by atoms with Gasteiger partial charge in [-0.2, -0.15) is 5.10 Å². The van der Waals surface area contributed by atoms with Gasteiger partial charge in [-0.25, -0.2) is 4.39 Å². The highest BCUT2D eigenvalue weighted by molar-refractivity contribution is 6.30. The van der Waals surface area contributed by atoms with Crippen LogP contribution in [0.4, 0.5) is 4.39 Å². The monoisotopic (exact) mass is 312 g/mol. The molecule has 1 aromatic heterocycles. The lowest BCUT2D eigenvalue weighted by Gasteiger charge is -2.25. The van der Waals surface area contributed by atoms with Gasteiger partial charge in [-0.1, -0.05) is 17.7 Å². The van der Waals surface area contributed by atoms with E-state index in [4.69, 9.17) is 21.1 Å². The third-order valence-electron chi connectivity index (χ3n) is 3.17. The van der Waals surface area contributed by atoms with E-state index < -0.39 is 5.82 Å². The summed E-state index contributed by atoms with van der Waals surface area (Å²) in [5, 5.41) is 4.34. The summed E-state index contributed by atoms with van der Waals surface area (Å²) in [6, 6.07) is 4.63. The second kappa shape index (κ2) is 6.03. The summed E-state index contributed by atoms with van der Waals surface area (Å²) in [4.78, 5) is 0. The maximum atomic E-state index is 13.9. The molecule has 0 spiro atoms. The lowest BCUT2D eigenvalue weighted by Crippen LogP contribution is -2.33. The first-order valence-electron chi connectivity index (χ1n) is 6.52. The van der Waals surface area contributed by atoms with E-state index >= 15 is 0 Å². The second-order valence-electron chi connectivity index (χ2n) is 5.41. The van der Waals surface area contributed by atoms with Gasteiger partial charge in [0.05, 0.1) is 29.1 Å². The van der Waals surface area contributed by atoms with Crippen LogP contribution in [-0.4, -0.2) is 23.5 Å². The number of hydrogen-bond donors (Lipinski definition) is 0. The van der Waals surface area contributed by atoms with Gasteiger partial charge in [0.25, 0.3) is 0 Å². The fourth-order valence-electron chi connectivity index (χ4n) is 2.20. The molecule has 6 heteroatoms. The fourth-order valence-corrected chi connectivity index (χ4v) is 2.37. The summed E-state index contributed by atoms with van der Waals surface area (Å²) in [6.45, 7) is 6.36. The van der Waals surface area contributed by atoms with Crippen LogP contribution in [0.1, 0.15) is 19.5 Å². The summed E-state index contributed by atoms with van der Waals surface area (Å²) in [6.07, 6.45) is 1.56. The standard InChI is InChI=1S/C15H18ClFN2O2/c1-10-13(8-18-19(10)15(2,3)9-20-4)21-12-7-5-6-11(16)14(12)17/h5-8H,9H2,1-4H3. The Kier molecular flexibility index (Phi) is 4.54. The van der Waals surface area contributed by atoms with Crippen molar-refractivity contribution in [3.05, 3.63) is 40.9 Å². The highest BCUT2D eigenvalue weighted by Crippen LogP contribution is 2.32. The molecule has 0 amide bonds. The molecular weight excluding hydrogens is 295 g/mol. The van der Waals surface area contributed by atoms with Crippen LogP contribution in [0.15, 0.2) is 24.4 Å². The SMILES string of the molecule is COCC(C)(C)n1ncc(Oc2cccc(Cl)c2F)c1C. The molecule has 2 aromatic rings. The van der Waals surface area contributed by atoms with Crippen LogP contribution >= 0.6 is 11.6 Å². The molecule has 114 valence electrons. The minimum Gasteiger partial charge on any atom is -0.451 e. The summed E-state index contributed by atoms with van der Waals surface area (Å²) in [5.41, 5.74) is 0.462. The first kappa shape index (κ1) is 15.8. The lowest BCUT2D eigenvalue weighted by atomic mass is 10.1. The van der Waals surface area contributed by atoms with Crippen LogP contribution in [-0.2, 0) is 10.3 Å². The molecule has 0 fully saturated rings. The number of hydrogen-bond acceptors (Lipinski definition) is 3. The van der Waals surface area contributed by atoms with E-state index in [2.05, 4.69) is 5.10 Å². The van der Waals surface area contributed by atoms with Crippen molar-refractivity contribution in [3.8, 4) is 11.5 Å². The number of nitrogens with zero attached hydrogens (tertiary/aromatic N) is 2. The Morgan fingerprint density at radius 3 is 2.71 bits per heavy atom. The lowest BCUT2D eigenvalue weighted by molar-refractivity contribution is 0.0997. The van der Waals surface area contributed by atoms with Gasteiger partial charge in [-0.05, 0) is 32.9 Å². The minimum atomic E-state index is -0.581. The van der Waals surface area contributed by atoms with Crippen molar-refractivity contribution in [1.29, 1.82) is 0 Å². The molecule has 2 rings (SSSR count). The number of benzene rings is 1. The predicted molar refractivity (Wildman–Crippen MR) is 79.6 cm³/mol. The average Bonchev–Trinajstić information content (AvgIpc) is 2.77. The molecule has 0 aliphatic carbocycles. The van der Waals surface area contributed by atoms with Gasteiger partial charge in [-0.15, -0.1) is 0 Å². The number of methoxy groups -OCH3 is 1. The molecule has 0 aliphatic heterocycles. The summed E-state index contributed by atoms with van der Waals surface area (Å²) < 4.78 is 26.5. The third-order valence-corrected chi connectivity index (χ3v) is 3.46. The molecule has 0 radical (unpaired) electrons. The van der Waals surface area contributed by atoms with E-state index in [1.807, 2.05) is 20.8 Å². The largest absolute Gasteiger partial charge is 0.451 e. The van der Waals surface area contributed by atoms with Crippen molar-refractivity contribution in [3.63, 3.8) is 0 Å². The van der Waals surface area contributed by atoms with Crippen LogP contribution in [0.5, 0.6) is 11.5 Å². The molecule has 21 heavy (non-hydrogen) atoms. The zero-order valence-corrected chi connectivity index (χ0v) is 13.2. The Morgan fingerprint density at radius 2 is 2.05 bits per heavy atom. The maximum absolute atomic E-state index is 13.9. The highest BCUT2D eigenvalue weighted by atomic mass is 35.5. The number of ether oxygens (including phenoxy) is 2. The van der Waals surface area contributed by atoms with Gasteiger partial charge < -0.3 is 9.47 Å². The van der Waals surface area contributed by atoms with E-state index in [1.165, 1.54) is 12.1 Å². The quantitative estimate of drug-likeness (QED) is 0.832. The maximum Gasteiger partial charge on any atom is 0.184 e. The van der Waals surface area contributed by atoms with Gasteiger partial charge >= 0.3 is 0 Å². The Balaban J connectivity index is 2.31. The van der Waals surface area contributed by atoms with Crippen molar-refractivity contribution < 1.29 is 13.9 Å². The minimum absolute atomic E-state index is 0.0252. The molecular formula is C15H18ClFN2O2. The molecule has 0 aliphatic rings. The van der Waals surface area contributed by atoms with Crippen LogP contribution in [0.25, 0.3) is 0 Å². The molecule has 4 nitrogen and oxygen atoms in total. The van der Waals surface area contributed by atoms with Crippen molar-refractivity contribution in [2.24, 2.45) is 0 Å². The van der Waals surface area contributed by atoms with Gasteiger partial charge in [-0.3, -0.25) is 4.68 Å². The molecule has 1 heterocycles. The number of halogens is 2. The topological polar surface area (TPSA) is 36.3 Å². The Morgan fingerprint density at radius 1 is 1.33 bits per heavy atom. The number of rotatable bonds is 5. The van der Waals surface area contributed by atoms with E-state index in [1.54, 1.807) is 24.1 Å². The molecule has 0 atom stereocenters. The average molecular weight is 313 g/mol. The summed E-state index contributed by atoms with van der Waals surface area (Å²) in [7, 11) is 1.64. The van der Waals surface area contributed by atoms with E-state index in [9.17, 15) is 4.39 Å². The Labute approximate surface area is 128 Å². The van der Waals surface area contributed by atoms with Crippen LogP contribution in [0.3, 0.4) is 0 Å². The highest BCUT2D eigenvalue weighted by Gasteiger charge is 2.25. The fraction of sp³-hybridized carbons (Fsp3) is 0.400. The van der Waals surface area contributed by atoms with Crippen molar-refractivity contribution in [2.45, 2.75) is 26.3 Å². The smallest absolute Gasteiger partial charge is 0.184 e. The molecule has 0 unspecified atom stereocenters. The zero-order valence-electron chi connectivity index (χ0n) is 12.5. The third kappa shape index (κ3) is 3.19. The Bertz CT molecular complexity index is 641. The van der Waals surface area contributed by atoms with Crippen LogP contribution in [0, 0.1) is 12.7 Å². The first-order chi connectivity index (χ1) is 9.86. The van der Waals surface area contributed by atoms with Gasteiger partial charge in [0.15, 0.2) is 17.3 Å². The van der Waals surface area contributed by atoms with Gasteiger partial charge in [0.2, 0.25) is 0 Å². The molecule has 0 N–H and O–H groups in total. The summed E-state index contributed by atoms with van der Waals surface area (Å²) >= 11 is 5.75. The van der Waals surface area contributed by atoms with Crippen LogP contribution < -0.4 is 4.74 Å². The van der Waals surface area contributed by atoms with E-state index in [0.717, 1.165) is 5.69 Å². The zero-order chi connectivity index (χ0) is 15.6. The Hall–Kier alpha value is -1.59. The first-order valence-corrected chi connectivity index (χ1v) is 6.90. The molecule has 0 saturated heterocycles.